The van der Waals surface area contributed by atoms with Gasteiger partial charge in [-0.3, -0.25) is 4.72 Å². The second kappa shape index (κ2) is 10.2. The highest BCUT2D eigenvalue weighted by atomic mass is 32.2. The molecule has 158 valence electrons. The van der Waals surface area contributed by atoms with Crippen molar-refractivity contribution in [3.8, 4) is 0 Å². The first kappa shape index (κ1) is 21.8. The summed E-state index contributed by atoms with van der Waals surface area (Å²) in [4.78, 5) is 0.0450. The van der Waals surface area contributed by atoms with Gasteiger partial charge in [-0.2, -0.15) is 0 Å². The molecule has 0 radical (unpaired) electrons. The maximum absolute atomic E-state index is 13.1. The van der Waals surface area contributed by atoms with Gasteiger partial charge in [-0.1, -0.05) is 63.6 Å². The average Bonchev–Trinajstić information content (AvgIpc) is 2.99. The summed E-state index contributed by atoms with van der Waals surface area (Å²) >= 11 is 0. The highest BCUT2D eigenvalue weighted by molar-refractivity contribution is 7.92. The fourth-order valence-electron chi connectivity index (χ4n) is 4.07. The minimum absolute atomic E-state index is 0.0450. The van der Waals surface area contributed by atoms with Gasteiger partial charge in [0.15, 0.2) is 0 Å². The second-order valence-electron chi connectivity index (χ2n) is 8.08. The Morgan fingerprint density at radius 3 is 2.34 bits per heavy atom. The molecule has 0 bridgehead atoms. The third kappa shape index (κ3) is 6.28. The number of hydrogen-bond acceptors (Lipinski definition) is 3. The average molecular weight is 419 g/mol. The number of nitrogens with one attached hydrogen (secondary N) is 2. The summed E-state index contributed by atoms with van der Waals surface area (Å²) < 4.78 is 41.0. The van der Waals surface area contributed by atoms with Crippen LogP contribution >= 0.6 is 0 Å². The van der Waals surface area contributed by atoms with Crippen molar-refractivity contribution in [2.24, 2.45) is 11.8 Å². The van der Waals surface area contributed by atoms with E-state index in [0.717, 1.165) is 30.2 Å². The van der Waals surface area contributed by atoms with Crippen LogP contribution in [0, 0.1) is 17.7 Å². The highest BCUT2D eigenvalue weighted by Gasteiger charge is 2.19. The van der Waals surface area contributed by atoms with Crippen molar-refractivity contribution < 1.29 is 12.8 Å². The van der Waals surface area contributed by atoms with Gasteiger partial charge in [-0.25, -0.2) is 12.8 Å². The lowest BCUT2D eigenvalue weighted by Gasteiger charge is -2.23. The van der Waals surface area contributed by atoms with E-state index in [4.69, 9.17) is 0 Å². The maximum Gasteiger partial charge on any atom is 0.261 e. The predicted molar refractivity (Wildman–Crippen MR) is 116 cm³/mol. The molecule has 0 heterocycles. The van der Waals surface area contributed by atoms with Crippen LogP contribution in [0.4, 0.5) is 10.1 Å². The Balaban J connectivity index is 1.60. The quantitative estimate of drug-likeness (QED) is 0.570. The molecular formula is C23H31FN2O2S. The third-order valence-corrected chi connectivity index (χ3v) is 7.25. The Kier molecular flexibility index (Phi) is 7.67. The van der Waals surface area contributed by atoms with Crippen LogP contribution in [0.2, 0.25) is 0 Å². The molecule has 6 heteroatoms. The summed E-state index contributed by atoms with van der Waals surface area (Å²) in [5, 5.41) is 3.51. The zero-order valence-corrected chi connectivity index (χ0v) is 17.8. The SMILES string of the molecule is CC(CNCc1ccccc1NS(=O)(=O)c1ccc(F)cc1)C1CCCCCC1. The molecule has 2 N–H and O–H groups in total. The standard InChI is InChI=1S/C23H31FN2O2S/c1-18(19-8-4-2-3-5-9-19)16-25-17-20-10-6-7-11-23(20)26-29(27,28)22-14-12-21(24)13-15-22/h6-7,10-15,18-19,25-26H,2-5,8-9,16-17H2,1H3. The fraction of sp³-hybridized carbons (Fsp3) is 0.478. The second-order valence-corrected chi connectivity index (χ2v) is 9.76. The molecule has 3 rings (SSSR count). The third-order valence-electron chi connectivity index (χ3n) is 5.87. The first-order valence-corrected chi connectivity index (χ1v) is 12.0. The van der Waals surface area contributed by atoms with E-state index in [9.17, 15) is 12.8 Å². The first-order chi connectivity index (χ1) is 14.0. The minimum Gasteiger partial charge on any atom is -0.312 e. The minimum atomic E-state index is -3.76. The number of anilines is 1. The van der Waals surface area contributed by atoms with Gasteiger partial charge in [-0.05, 0) is 54.3 Å². The lowest BCUT2D eigenvalue weighted by atomic mass is 9.87. The summed E-state index contributed by atoms with van der Waals surface area (Å²) in [5.74, 6) is 0.921. The van der Waals surface area contributed by atoms with E-state index in [1.165, 1.54) is 50.7 Å². The summed E-state index contributed by atoms with van der Waals surface area (Å²) in [6.07, 6.45) is 8.02. The molecule has 1 aliphatic carbocycles. The number of benzene rings is 2. The van der Waals surface area contributed by atoms with Gasteiger partial charge in [0, 0.05) is 6.54 Å². The van der Waals surface area contributed by atoms with E-state index in [-0.39, 0.29) is 4.90 Å². The summed E-state index contributed by atoms with van der Waals surface area (Å²) in [7, 11) is -3.76. The van der Waals surface area contributed by atoms with E-state index < -0.39 is 15.8 Å². The highest BCUT2D eigenvalue weighted by Crippen LogP contribution is 2.28. The van der Waals surface area contributed by atoms with E-state index in [1.807, 2.05) is 12.1 Å². The lowest BCUT2D eigenvalue weighted by Crippen LogP contribution is -2.26. The van der Waals surface area contributed by atoms with E-state index in [2.05, 4.69) is 17.0 Å². The Morgan fingerprint density at radius 1 is 1.00 bits per heavy atom. The fourth-order valence-corrected chi connectivity index (χ4v) is 5.17. The Hall–Kier alpha value is -1.92. The van der Waals surface area contributed by atoms with Crippen LogP contribution in [0.3, 0.4) is 0 Å². The molecule has 29 heavy (non-hydrogen) atoms. The zero-order chi connectivity index (χ0) is 20.7. The number of halogens is 1. The molecular weight excluding hydrogens is 387 g/mol. The predicted octanol–water partition coefficient (Wildman–Crippen LogP) is 5.32. The molecule has 1 aliphatic rings. The molecule has 1 fully saturated rings. The Labute approximate surface area is 174 Å². The molecule has 0 saturated heterocycles. The normalized spacial score (nSPS) is 16.9. The number of sulfonamides is 1. The molecule has 0 aromatic heterocycles. The number of hydrogen-bond donors (Lipinski definition) is 2. The van der Waals surface area contributed by atoms with Crippen molar-refractivity contribution in [2.75, 3.05) is 11.3 Å². The lowest BCUT2D eigenvalue weighted by molar-refractivity contribution is 0.307. The number of rotatable bonds is 8. The largest absolute Gasteiger partial charge is 0.312 e. The molecule has 2 aromatic rings. The molecule has 2 aromatic carbocycles. The van der Waals surface area contributed by atoms with Crippen LogP contribution in [0.25, 0.3) is 0 Å². The topological polar surface area (TPSA) is 58.2 Å². The smallest absolute Gasteiger partial charge is 0.261 e. The summed E-state index contributed by atoms with van der Waals surface area (Å²) in [5.41, 5.74) is 1.44. The van der Waals surface area contributed by atoms with Crippen LogP contribution in [0.5, 0.6) is 0 Å². The molecule has 1 unspecified atom stereocenters. The van der Waals surface area contributed by atoms with Gasteiger partial charge in [0.05, 0.1) is 10.6 Å². The molecule has 1 atom stereocenters. The van der Waals surface area contributed by atoms with Gasteiger partial charge < -0.3 is 5.32 Å². The zero-order valence-electron chi connectivity index (χ0n) is 17.0. The molecule has 0 aliphatic heterocycles. The van der Waals surface area contributed by atoms with Crippen molar-refractivity contribution in [1.82, 2.24) is 5.32 Å². The van der Waals surface area contributed by atoms with Crippen LogP contribution in [-0.2, 0) is 16.6 Å². The van der Waals surface area contributed by atoms with Crippen LogP contribution < -0.4 is 10.0 Å². The summed E-state index contributed by atoms with van der Waals surface area (Å²) in [6, 6.07) is 12.2. The van der Waals surface area contributed by atoms with Crippen molar-refractivity contribution >= 4 is 15.7 Å². The van der Waals surface area contributed by atoms with Gasteiger partial charge in [0.2, 0.25) is 0 Å². The van der Waals surface area contributed by atoms with Gasteiger partial charge >= 0.3 is 0 Å². The van der Waals surface area contributed by atoms with Gasteiger partial charge in [-0.15, -0.1) is 0 Å². The van der Waals surface area contributed by atoms with E-state index in [0.29, 0.717) is 18.2 Å². The van der Waals surface area contributed by atoms with Crippen molar-refractivity contribution in [3.63, 3.8) is 0 Å². The Bertz CT molecular complexity index is 876. The molecule has 0 spiro atoms. The van der Waals surface area contributed by atoms with Crippen LogP contribution in [0.1, 0.15) is 51.0 Å². The van der Waals surface area contributed by atoms with Crippen molar-refractivity contribution in [1.29, 1.82) is 0 Å². The molecule has 4 nitrogen and oxygen atoms in total. The van der Waals surface area contributed by atoms with Gasteiger partial charge in [0.25, 0.3) is 10.0 Å². The number of para-hydroxylation sites is 1. The monoisotopic (exact) mass is 418 g/mol. The van der Waals surface area contributed by atoms with E-state index in [1.54, 1.807) is 12.1 Å². The molecule has 1 saturated carbocycles. The molecule has 0 amide bonds. The van der Waals surface area contributed by atoms with Crippen molar-refractivity contribution in [3.05, 3.63) is 59.9 Å². The van der Waals surface area contributed by atoms with Crippen LogP contribution in [-0.4, -0.2) is 15.0 Å². The Morgan fingerprint density at radius 2 is 1.66 bits per heavy atom. The van der Waals surface area contributed by atoms with Gasteiger partial charge in [0.1, 0.15) is 5.82 Å². The van der Waals surface area contributed by atoms with E-state index >= 15 is 0 Å². The van der Waals surface area contributed by atoms with Crippen LogP contribution in [0.15, 0.2) is 53.4 Å². The van der Waals surface area contributed by atoms with Crippen molar-refractivity contribution in [2.45, 2.75) is 56.9 Å². The maximum atomic E-state index is 13.1. The first-order valence-electron chi connectivity index (χ1n) is 10.5. The summed E-state index contributed by atoms with van der Waals surface area (Å²) in [6.45, 7) is 3.83.